The number of benzene rings is 3. The second kappa shape index (κ2) is 10.7. The number of thiazole rings is 1. The second-order valence-electron chi connectivity index (χ2n) is 11.5. The third-order valence-corrected chi connectivity index (χ3v) is 8.56. The van der Waals surface area contributed by atoms with E-state index in [9.17, 15) is 4.79 Å². The lowest BCUT2D eigenvalue weighted by molar-refractivity contribution is -0.138. The number of aromatic nitrogens is 4. The molecule has 0 N–H and O–H groups in total. The monoisotopic (exact) mass is 594 g/mol. The topological polar surface area (TPSA) is 69.9 Å². The Kier molecular flexibility index (Phi) is 7.21. The van der Waals surface area contributed by atoms with Crippen molar-refractivity contribution in [2.45, 2.75) is 46.3 Å². The summed E-state index contributed by atoms with van der Waals surface area (Å²) in [6.45, 7) is 9.52. The minimum absolute atomic E-state index is 0.0450. The molecule has 0 fully saturated rings. The molecule has 0 aliphatic rings. The van der Waals surface area contributed by atoms with Crippen LogP contribution in [0.4, 0.5) is 0 Å². The Balaban J connectivity index is 1.59. The number of hydrogen-bond acceptors (Lipinski definition) is 6. The maximum absolute atomic E-state index is 13.1. The average Bonchev–Trinajstić information content (AvgIpc) is 3.52. The Morgan fingerprint density at radius 1 is 1.02 bits per heavy atom. The van der Waals surface area contributed by atoms with Crippen LogP contribution in [-0.2, 0) is 16.6 Å². The molecule has 0 bridgehead atoms. The molecule has 0 spiro atoms. The first-order chi connectivity index (χ1) is 20.0. The molecule has 6 aromatic rings. The maximum atomic E-state index is 13.1. The van der Waals surface area contributed by atoms with Gasteiger partial charge in [-0.15, -0.1) is 11.3 Å². The number of Topliss-reactive ketones (excluding diaryl/α,β-unsaturated/α-hetero) is 1. The van der Waals surface area contributed by atoms with E-state index in [0.717, 1.165) is 65.3 Å². The van der Waals surface area contributed by atoms with Crippen LogP contribution in [0.5, 0.6) is 0 Å². The first-order valence-corrected chi connectivity index (χ1v) is 15.0. The number of rotatable bonds is 6. The number of ketones is 1. The Hall–Kier alpha value is -3.91. The van der Waals surface area contributed by atoms with Crippen LogP contribution in [0.2, 0.25) is 5.02 Å². The number of nitrogens with zero attached hydrogens (tertiary/aromatic N) is 4. The van der Waals surface area contributed by atoms with Crippen molar-refractivity contribution in [2.24, 2.45) is 7.05 Å². The zero-order chi connectivity index (χ0) is 29.8. The summed E-state index contributed by atoms with van der Waals surface area (Å²) in [6, 6.07) is 21.9. The van der Waals surface area contributed by atoms with E-state index in [4.69, 9.17) is 26.4 Å². The Bertz CT molecular complexity index is 1950. The van der Waals surface area contributed by atoms with E-state index < -0.39 is 11.7 Å². The smallest absolute Gasteiger partial charge is 0.163 e. The third kappa shape index (κ3) is 5.24. The van der Waals surface area contributed by atoms with E-state index in [0.29, 0.717) is 5.02 Å². The highest BCUT2D eigenvalue weighted by Crippen LogP contribution is 2.45. The predicted octanol–water partition coefficient (Wildman–Crippen LogP) is 8.99. The summed E-state index contributed by atoms with van der Waals surface area (Å²) in [7, 11) is 1.94. The lowest BCUT2D eigenvalue weighted by Gasteiger charge is -2.29. The average molecular weight is 595 g/mol. The molecule has 0 unspecified atom stereocenters. The van der Waals surface area contributed by atoms with Gasteiger partial charge in [0.2, 0.25) is 0 Å². The van der Waals surface area contributed by atoms with E-state index >= 15 is 0 Å². The number of pyridine rings is 1. The van der Waals surface area contributed by atoms with Crippen LogP contribution in [0.3, 0.4) is 0 Å². The molecule has 3 aromatic heterocycles. The van der Waals surface area contributed by atoms with Crippen LogP contribution >= 0.6 is 22.9 Å². The highest BCUT2D eigenvalue weighted by Gasteiger charge is 2.30. The van der Waals surface area contributed by atoms with Crippen molar-refractivity contribution in [3.05, 3.63) is 89.1 Å². The Morgan fingerprint density at radius 3 is 2.43 bits per heavy atom. The van der Waals surface area contributed by atoms with Crippen LogP contribution < -0.4 is 0 Å². The van der Waals surface area contributed by atoms with Crippen molar-refractivity contribution in [3.8, 4) is 33.1 Å². The maximum Gasteiger partial charge on any atom is 0.163 e. The van der Waals surface area contributed by atoms with Gasteiger partial charge in [-0.05, 0) is 94.3 Å². The number of aryl methyl sites for hydroxylation is 2. The predicted molar refractivity (Wildman–Crippen MR) is 172 cm³/mol. The van der Waals surface area contributed by atoms with Crippen molar-refractivity contribution >= 4 is 49.8 Å². The van der Waals surface area contributed by atoms with Gasteiger partial charge in [0, 0.05) is 40.3 Å². The lowest BCUT2D eigenvalue weighted by atomic mass is 9.90. The van der Waals surface area contributed by atoms with Gasteiger partial charge in [-0.2, -0.15) is 5.10 Å². The van der Waals surface area contributed by atoms with Crippen molar-refractivity contribution in [2.75, 3.05) is 0 Å². The number of halogens is 1. The van der Waals surface area contributed by atoms with E-state index in [2.05, 4.69) is 29.2 Å². The van der Waals surface area contributed by atoms with Gasteiger partial charge in [-0.3, -0.25) is 14.5 Å². The molecule has 3 heterocycles. The van der Waals surface area contributed by atoms with Gasteiger partial charge in [0.15, 0.2) is 5.78 Å². The molecule has 212 valence electrons. The molecule has 8 heteroatoms. The first kappa shape index (κ1) is 28.2. The van der Waals surface area contributed by atoms with Crippen molar-refractivity contribution in [1.29, 1.82) is 0 Å². The molecule has 42 heavy (non-hydrogen) atoms. The van der Waals surface area contributed by atoms with Crippen LogP contribution in [0.25, 0.3) is 54.2 Å². The van der Waals surface area contributed by atoms with E-state index in [-0.39, 0.29) is 5.78 Å². The summed E-state index contributed by atoms with van der Waals surface area (Å²) >= 11 is 7.89. The van der Waals surface area contributed by atoms with E-state index in [1.807, 2.05) is 81.9 Å². The molecule has 0 saturated carbocycles. The fraction of sp³-hybridized carbons (Fsp3) is 0.235. The fourth-order valence-electron chi connectivity index (χ4n) is 5.37. The van der Waals surface area contributed by atoms with Gasteiger partial charge in [-0.25, -0.2) is 4.98 Å². The number of fused-ring (bicyclic) bond motifs is 2. The number of carbonyl (C=O) groups is 1. The van der Waals surface area contributed by atoms with Crippen LogP contribution in [-0.4, -0.2) is 31.1 Å². The SMILES string of the molecule is CC(=O)[C@@H](OC(C)(C)C)c1c(C)cc2nc(-c3ccc4c(c3)c(-c3ccccn3)nn4C)sc2c1-c1ccc(Cl)cc1. The quantitative estimate of drug-likeness (QED) is 0.192. The first-order valence-electron chi connectivity index (χ1n) is 13.8. The molecular weight excluding hydrogens is 564 g/mol. The van der Waals surface area contributed by atoms with Crippen molar-refractivity contribution in [1.82, 2.24) is 19.7 Å². The summed E-state index contributed by atoms with van der Waals surface area (Å²) < 4.78 is 9.27. The van der Waals surface area contributed by atoms with Gasteiger partial charge in [0.25, 0.3) is 0 Å². The largest absolute Gasteiger partial charge is 0.360 e. The van der Waals surface area contributed by atoms with Crippen LogP contribution in [0.1, 0.15) is 44.9 Å². The summed E-state index contributed by atoms with van der Waals surface area (Å²) in [5.74, 6) is -0.0450. The molecule has 0 saturated heterocycles. The second-order valence-corrected chi connectivity index (χ2v) is 12.9. The van der Waals surface area contributed by atoms with Gasteiger partial charge in [-0.1, -0.05) is 29.8 Å². The number of carbonyl (C=O) groups excluding carboxylic acids is 1. The highest BCUT2D eigenvalue weighted by molar-refractivity contribution is 7.22. The zero-order valence-electron chi connectivity index (χ0n) is 24.4. The molecule has 1 atom stereocenters. The van der Waals surface area contributed by atoms with Crippen LogP contribution in [0, 0.1) is 6.92 Å². The molecule has 6 rings (SSSR count). The zero-order valence-corrected chi connectivity index (χ0v) is 26.0. The van der Waals surface area contributed by atoms with Gasteiger partial charge in [0.1, 0.15) is 16.8 Å². The molecule has 0 aliphatic carbocycles. The van der Waals surface area contributed by atoms with Crippen molar-refractivity contribution in [3.63, 3.8) is 0 Å². The van der Waals surface area contributed by atoms with E-state index in [1.165, 1.54) is 0 Å². The fourth-order valence-corrected chi connectivity index (χ4v) is 6.61. The van der Waals surface area contributed by atoms with Crippen molar-refractivity contribution < 1.29 is 9.53 Å². The Morgan fingerprint density at radius 2 is 1.76 bits per heavy atom. The normalized spacial score (nSPS) is 12.7. The molecule has 0 aliphatic heterocycles. The standard InChI is InChI=1S/C34H31ClN4O2S/c1-19-17-26-32(29(21-10-13-23(35)14-11-21)28(19)31(20(2)40)41-34(3,4)5)42-33(37-26)22-12-15-27-24(18-22)30(38-39(27)6)25-9-7-8-16-36-25/h7-18,31H,1-6H3/t31-/m1/s1. The lowest BCUT2D eigenvalue weighted by Crippen LogP contribution is -2.27. The van der Waals surface area contributed by atoms with Gasteiger partial charge >= 0.3 is 0 Å². The summed E-state index contributed by atoms with van der Waals surface area (Å²) in [5, 5.41) is 7.31. The van der Waals surface area contributed by atoms with E-state index in [1.54, 1.807) is 24.5 Å². The molecule has 0 amide bonds. The number of hydrogen-bond donors (Lipinski definition) is 0. The van der Waals surface area contributed by atoms with Gasteiger partial charge < -0.3 is 4.74 Å². The summed E-state index contributed by atoms with van der Waals surface area (Å²) in [4.78, 5) is 22.7. The minimum atomic E-state index is -0.724. The Labute approximate surface area is 254 Å². The summed E-state index contributed by atoms with van der Waals surface area (Å²) in [6.07, 6.45) is 1.06. The minimum Gasteiger partial charge on any atom is -0.360 e. The molecule has 3 aromatic carbocycles. The number of ether oxygens (including phenoxy) is 1. The van der Waals surface area contributed by atoms with Gasteiger partial charge in [0.05, 0.1) is 27.0 Å². The highest BCUT2D eigenvalue weighted by atomic mass is 35.5. The molecule has 6 nitrogen and oxygen atoms in total. The molecular formula is C34H31ClN4O2S. The summed E-state index contributed by atoms with van der Waals surface area (Å²) in [5.41, 5.74) is 7.75. The third-order valence-electron chi connectivity index (χ3n) is 7.17. The van der Waals surface area contributed by atoms with Crippen LogP contribution in [0.15, 0.2) is 72.9 Å². The molecule has 0 radical (unpaired) electrons.